The molecule has 0 saturated carbocycles. The Labute approximate surface area is 172 Å². The molecule has 2 aromatic rings. The summed E-state index contributed by atoms with van der Waals surface area (Å²) in [4.78, 5) is 22.9. The highest BCUT2D eigenvalue weighted by Gasteiger charge is 2.15. The van der Waals surface area contributed by atoms with E-state index in [2.05, 4.69) is 28.2 Å². The van der Waals surface area contributed by atoms with Crippen molar-refractivity contribution in [2.45, 2.75) is 32.6 Å². The minimum absolute atomic E-state index is 0.113. The van der Waals surface area contributed by atoms with E-state index >= 15 is 0 Å². The fourth-order valence-corrected chi connectivity index (χ4v) is 3.05. The molecule has 0 unspecified atom stereocenters. The maximum absolute atomic E-state index is 12.5. The van der Waals surface area contributed by atoms with E-state index in [1.54, 1.807) is 18.2 Å². The maximum atomic E-state index is 12.5. The summed E-state index contributed by atoms with van der Waals surface area (Å²) in [5, 5.41) is 13.6. The molecule has 0 saturated heterocycles. The number of nitro benzene ring substituents is 1. The van der Waals surface area contributed by atoms with Gasteiger partial charge >= 0.3 is 0 Å². The first-order valence-electron chi connectivity index (χ1n) is 9.02. The molecule has 8 heteroatoms. The van der Waals surface area contributed by atoms with Crippen molar-refractivity contribution in [2.75, 3.05) is 19.0 Å². The highest BCUT2D eigenvalue weighted by atomic mass is 79.9. The number of nitrogens with one attached hydrogen (secondary N) is 1. The zero-order valence-corrected chi connectivity index (χ0v) is 17.5. The first-order chi connectivity index (χ1) is 13.5. The number of carbonyl (C=O) groups excluding carboxylic acids is 1. The first kappa shape index (κ1) is 21.7. The molecule has 0 aliphatic rings. The van der Waals surface area contributed by atoms with Crippen LogP contribution in [0.2, 0.25) is 0 Å². The van der Waals surface area contributed by atoms with Gasteiger partial charge in [0.15, 0.2) is 0 Å². The zero-order chi connectivity index (χ0) is 20.5. The van der Waals surface area contributed by atoms with Crippen LogP contribution in [0.1, 0.15) is 43.0 Å². The van der Waals surface area contributed by atoms with E-state index in [0.29, 0.717) is 28.1 Å². The summed E-state index contributed by atoms with van der Waals surface area (Å²) in [6.07, 6.45) is 4.48. The number of nitrogens with zero attached hydrogens (tertiary/aromatic N) is 1. The number of rotatable bonds is 10. The number of hydrogen-bond donors (Lipinski definition) is 1. The van der Waals surface area contributed by atoms with Crippen LogP contribution in [0, 0.1) is 10.1 Å². The Morgan fingerprint density at radius 2 is 1.93 bits per heavy atom. The van der Waals surface area contributed by atoms with Crippen molar-refractivity contribution < 1.29 is 19.2 Å². The van der Waals surface area contributed by atoms with Crippen molar-refractivity contribution in [3.63, 3.8) is 0 Å². The van der Waals surface area contributed by atoms with E-state index in [1.165, 1.54) is 38.2 Å². The Balaban J connectivity index is 2.04. The third kappa shape index (κ3) is 5.95. The van der Waals surface area contributed by atoms with Crippen LogP contribution < -0.4 is 14.8 Å². The van der Waals surface area contributed by atoms with Crippen LogP contribution in [0.25, 0.3) is 0 Å². The minimum Gasteiger partial charge on any atom is -0.494 e. The topological polar surface area (TPSA) is 90.7 Å². The second-order valence-corrected chi connectivity index (χ2v) is 7.00. The summed E-state index contributed by atoms with van der Waals surface area (Å²) in [5.41, 5.74) is 0.661. The van der Waals surface area contributed by atoms with Crippen LogP contribution in [0.5, 0.6) is 11.5 Å². The molecular weight excluding hydrogens is 428 g/mol. The normalized spacial score (nSPS) is 10.4. The zero-order valence-electron chi connectivity index (χ0n) is 15.9. The van der Waals surface area contributed by atoms with Gasteiger partial charge in [-0.25, -0.2) is 0 Å². The Morgan fingerprint density at radius 3 is 2.57 bits per heavy atom. The summed E-state index contributed by atoms with van der Waals surface area (Å²) in [6, 6.07) is 9.10. The number of nitro groups is 1. The number of halogens is 1. The SMILES string of the molecule is CCCCCCOc1ccc(C(=O)Nc2ccc([N+](=O)[O-])cc2OC)cc1Br. The Morgan fingerprint density at radius 1 is 1.14 bits per heavy atom. The average molecular weight is 451 g/mol. The van der Waals surface area contributed by atoms with Gasteiger partial charge in [-0.3, -0.25) is 14.9 Å². The maximum Gasteiger partial charge on any atom is 0.273 e. The molecule has 0 radical (unpaired) electrons. The number of anilines is 1. The van der Waals surface area contributed by atoms with Gasteiger partial charge < -0.3 is 14.8 Å². The molecule has 0 bridgehead atoms. The van der Waals surface area contributed by atoms with E-state index < -0.39 is 4.92 Å². The average Bonchev–Trinajstić information content (AvgIpc) is 2.68. The highest BCUT2D eigenvalue weighted by Crippen LogP contribution is 2.30. The summed E-state index contributed by atoms with van der Waals surface area (Å²) in [7, 11) is 1.39. The lowest BCUT2D eigenvalue weighted by molar-refractivity contribution is -0.384. The molecule has 28 heavy (non-hydrogen) atoms. The van der Waals surface area contributed by atoms with Crippen LogP contribution in [-0.4, -0.2) is 24.5 Å². The summed E-state index contributed by atoms with van der Waals surface area (Å²) >= 11 is 3.43. The molecule has 0 aliphatic heterocycles. The molecule has 0 atom stereocenters. The van der Waals surface area contributed by atoms with Gasteiger partial charge in [0.1, 0.15) is 11.5 Å². The van der Waals surface area contributed by atoms with Crippen LogP contribution in [0.15, 0.2) is 40.9 Å². The quantitative estimate of drug-likeness (QED) is 0.289. The van der Waals surface area contributed by atoms with Crippen molar-refractivity contribution in [3.8, 4) is 11.5 Å². The number of carbonyl (C=O) groups is 1. The van der Waals surface area contributed by atoms with Gasteiger partial charge in [-0.1, -0.05) is 26.2 Å². The van der Waals surface area contributed by atoms with E-state index in [-0.39, 0.29) is 17.3 Å². The number of unbranched alkanes of at least 4 members (excludes halogenated alkanes) is 3. The second-order valence-electron chi connectivity index (χ2n) is 6.15. The molecule has 1 amide bonds. The van der Waals surface area contributed by atoms with Crippen LogP contribution >= 0.6 is 15.9 Å². The first-order valence-corrected chi connectivity index (χ1v) is 9.81. The largest absolute Gasteiger partial charge is 0.494 e. The molecular formula is C20H23BrN2O5. The molecule has 1 N–H and O–H groups in total. The summed E-state index contributed by atoms with van der Waals surface area (Å²) in [5.74, 6) is 0.539. The van der Waals surface area contributed by atoms with Gasteiger partial charge in [0, 0.05) is 11.6 Å². The Kier molecular flexibility index (Phi) is 8.25. The molecule has 0 spiro atoms. The molecule has 7 nitrogen and oxygen atoms in total. The summed E-state index contributed by atoms with van der Waals surface area (Å²) < 4.78 is 11.6. The molecule has 0 aromatic heterocycles. The molecule has 0 aliphatic carbocycles. The molecule has 150 valence electrons. The molecule has 0 heterocycles. The van der Waals surface area contributed by atoms with Crippen molar-refractivity contribution in [1.82, 2.24) is 0 Å². The van der Waals surface area contributed by atoms with E-state index in [4.69, 9.17) is 9.47 Å². The Hall–Kier alpha value is -2.61. The number of non-ortho nitro benzene ring substituents is 1. The number of ether oxygens (including phenoxy) is 2. The third-order valence-electron chi connectivity index (χ3n) is 4.09. The molecule has 2 rings (SSSR count). The smallest absolute Gasteiger partial charge is 0.273 e. The highest BCUT2D eigenvalue weighted by molar-refractivity contribution is 9.10. The van der Waals surface area contributed by atoms with Crippen molar-refractivity contribution in [3.05, 3.63) is 56.5 Å². The number of methoxy groups -OCH3 is 1. The van der Waals surface area contributed by atoms with E-state index in [0.717, 1.165) is 12.8 Å². The second kappa shape index (κ2) is 10.7. The van der Waals surface area contributed by atoms with Gasteiger partial charge in [-0.15, -0.1) is 0 Å². The van der Waals surface area contributed by atoms with Crippen molar-refractivity contribution in [2.24, 2.45) is 0 Å². The van der Waals surface area contributed by atoms with Crippen LogP contribution in [0.3, 0.4) is 0 Å². The standard InChI is InChI=1S/C20H23BrN2O5/c1-3-4-5-6-11-28-18-10-7-14(12-16(18)21)20(24)22-17-9-8-15(23(25)26)13-19(17)27-2/h7-10,12-13H,3-6,11H2,1-2H3,(H,22,24). The number of benzene rings is 2. The fourth-order valence-electron chi connectivity index (χ4n) is 2.56. The van der Waals surface area contributed by atoms with Gasteiger partial charge in [0.2, 0.25) is 0 Å². The number of amides is 1. The van der Waals surface area contributed by atoms with Gasteiger partial charge in [-0.2, -0.15) is 0 Å². The van der Waals surface area contributed by atoms with E-state index in [9.17, 15) is 14.9 Å². The van der Waals surface area contributed by atoms with Crippen LogP contribution in [-0.2, 0) is 0 Å². The number of hydrogen-bond acceptors (Lipinski definition) is 5. The van der Waals surface area contributed by atoms with Gasteiger partial charge in [-0.05, 0) is 46.6 Å². The Bertz CT molecular complexity index is 841. The lowest BCUT2D eigenvalue weighted by Gasteiger charge is -2.12. The van der Waals surface area contributed by atoms with E-state index in [1.807, 2.05) is 0 Å². The predicted molar refractivity (Wildman–Crippen MR) is 111 cm³/mol. The minimum atomic E-state index is -0.522. The summed E-state index contributed by atoms with van der Waals surface area (Å²) in [6.45, 7) is 2.79. The lowest BCUT2D eigenvalue weighted by atomic mass is 10.2. The van der Waals surface area contributed by atoms with Crippen LogP contribution in [0.4, 0.5) is 11.4 Å². The monoisotopic (exact) mass is 450 g/mol. The predicted octanol–water partition coefficient (Wildman–Crippen LogP) is 5.58. The van der Waals surface area contributed by atoms with Crippen molar-refractivity contribution >= 4 is 33.2 Å². The van der Waals surface area contributed by atoms with Crippen molar-refractivity contribution in [1.29, 1.82) is 0 Å². The van der Waals surface area contributed by atoms with Gasteiger partial charge in [0.05, 0.1) is 34.9 Å². The molecule has 2 aromatic carbocycles. The third-order valence-corrected chi connectivity index (χ3v) is 4.71. The fraction of sp³-hybridized carbons (Fsp3) is 0.350. The molecule has 0 fully saturated rings. The van der Waals surface area contributed by atoms with Gasteiger partial charge in [0.25, 0.3) is 11.6 Å². The lowest BCUT2D eigenvalue weighted by Crippen LogP contribution is -2.13.